The molecule has 0 amide bonds. The van der Waals surface area contributed by atoms with Crippen LogP contribution in [0.2, 0.25) is 0 Å². The number of cyclic esters (lactones) is 2. The molecule has 6 aliphatic heterocycles. The topological polar surface area (TPSA) is 426 Å². The highest BCUT2D eigenvalue weighted by molar-refractivity contribution is 7.53. The van der Waals surface area contributed by atoms with E-state index in [1.807, 2.05) is 58.8 Å². The highest BCUT2D eigenvalue weighted by Crippen LogP contribution is 2.53. The number of methoxy groups -OCH3 is 3. The molecular formula is C85H158N2O32P2. The highest BCUT2D eigenvalue weighted by atomic mass is 31.2. The van der Waals surface area contributed by atoms with E-state index in [1.165, 1.54) is 42.1 Å². The summed E-state index contributed by atoms with van der Waals surface area (Å²) in [5.41, 5.74) is -9.16. The molecule has 6 saturated heterocycles. The van der Waals surface area contributed by atoms with Gasteiger partial charge in [-0.25, -0.2) is 0 Å². The number of hydrogen-bond donors (Lipinski definition) is 7. The van der Waals surface area contributed by atoms with Gasteiger partial charge in [0.1, 0.15) is 72.1 Å². The predicted octanol–water partition coefficient (Wildman–Crippen LogP) is 8.72. The van der Waals surface area contributed by atoms with Gasteiger partial charge in [0.25, 0.3) is 0 Å². The van der Waals surface area contributed by atoms with Gasteiger partial charge in [-0.15, -0.1) is 0 Å². The first-order chi connectivity index (χ1) is 56.0. The van der Waals surface area contributed by atoms with Gasteiger partial charge in [0.2, 0.25) is 0 Å². The summed E-state index contributed by atoms with van der Waals surface area (Å²) in [4.78, 5) is 61.9. The number of aliphatic hydroxyl groups is 7. The Kier molecular flexibility index (Phi) is 41.5. The Hall–Kier alpha value is -2.30. The Morgan fingerprint density at radius 3 is 1.13 bits per heavy atom. The first-order valence-electron chi connectivity index (χ1n) is 43.6. The van der Waals surface area contributed by atoms with Crippen molar-refractivity contribution in [2.75, 3.05) is 88.6 Å². The van der Waals surface area contributed by atoms with E-state index in [4.69, 9.17) is 89.1 Å². The SMILES string of the molecule is CCOP(=O)(CO[C@@H]1[C@@H](C)C(=O)[C@H](C)C[C@](C)(OC)[C@H](O[C@@H]2O[C@H](C)C[C@H](N(C)C)[C@H]2O)[C@@H](C)[C@H](O[C@H]2C[C@@](C)(OC)[C@@H](O)[C@H](C)O2)[C@@H](C)C(=O)O[C@H](CC)[C@@]1(C)O)OCC.CCOP(=O)(CO[C@@]1(C)C[C@@H](C)C(=O)[C@H](C)[C@@H](O)[C@](C)(O)[C@@H](CC)OC(=O)[C@H](C)[C@@H](O[C@H]2C[C@@](C)(OC)[C@@H](O)[C@H](C)O2)[C@H](C)[C@H]1O[C@@H]1O[C@H](C)C[C@H](N(C)C)[C@H]1O)OCC. The van der Waals surface area contributed by atoms with Gasteiger partial charge >= 0.3 is 27.1 Å². The second-order valence-corrected chi connectivity index (χ2v) is 40.5. The maximum Gasteiger partial charge on any atom is 0.356 e. The molecule has 6 aliphatic rings. The van der Waals surface area contributed by atoms with Crippen molar-refractivity contribution in [2.24, 2.45) is 47.3 Å². The van der Waals surface area contributed by atoms with Crippen LogP contribution in [0.1, 0.15) is 218 Å². The smallest absolute Gasteiger partial charge is 0.356 e. The molecule has 36 heteroatoms. The van der Waals surface area contributed by atoms with Crippen LogP contribution in [-0.2, 0) is 117 Å². The molecule has 0 aliphatic carbocycles. The molecule has 6 heterocycles. The zero-order valence-electron chi connectivity index (χ0n) is 78.3. The summed E-state index contributed by atoms with van der Waals surface area (Å²) in [7, 11) is 4.18. The summed E-state index contributed by atoms with van der Waals surface area (Å²) in [5, 5.41) is 81.5. The third-order valence-corrected chi connectivity index (χ3v) is 29.8. The standard InChI is InChI=1S/C43H80NO16P.C42H78NO16P/c1-17-31-43(12,49)38(53-23-61(50,54-18-2)55-19-3)26(6)33(45)24(4)21-42(11,52-16)37(60-40-34(46)30(44(13)14)20-25(5)56-40)27(7)35(28(8)39(48)58-31)59-32-22-41(10,51-15)36(47)29(9)57-32;1-16-30-42(12,49)35(46)25(6)32(44)23(4)20-41(11,52-22-60(50,53-17-2)54-18-3)37(59-39-33(45)29(43(13)14)19-24(5)55-39)26(7)34(27(8)38(48)57-30)58-31-21-40(10,51-15)36(47)28(9)56-31/h24-32,34-38,40,46-47,49H,17-23H2,1-16H3;23-31,33-37,39,45-47,49H,16-22H2,1-15H3/t24-,25-,26+,27+,28-,29+,30+,31-,32+,34-,35+,36+,37-,38-,40+,41-,42+,43-;23-,24-,25+,26+,27-,28+,29+,30-,31+,33-,34+,35-,36+,37-,39+,40-,41+,42-/m11/s1. The van der Waals surface area contributed by atoms with Crippen molar-refractivity contribution in [3.05, 3.63) is 0 Å². The van der Waals surface area contributed by atoms with Crippen molar-refractivity contribution in [3.63, 3.8) is 0 Å². The summed E-state index contributed by atoms with van der Waals surface area (Å²) in [5.74, 6) is -9.96. The Labute approximate surface area is 720 Å². The maximum absolute atomic E-state index is 14.7. The lowest BCUT2D eigenvalue weighted by Crippen LogP contribution is -2.61. The quantitative estimate of drug-likeness (QED) is 0.0272. The van der Waals surface area contributed by atoms with Crippen LogP contribution < -0.4 is 0 Å². The number of esters is 2. The van der Waals surface area contributed by atoms with Crippen LogP contribution in [0.5, 0.6) is 0 Å². The van der Waals surface area contributed by atoms with Crippen LogP contribution in [0.15, 0.2) is 0 Å². The minimum atomic E-state index is -3.90. The first-order valence-corrected chi connectivity index (χ1v) is 47.1. The Morgan fingerprint density at radius 1 is 0.430 bits per heavy atom. The molecule has 0 aromatic carbocycles. The molecule has 6 rings (SSSR count). The monoisotopic (exact) mass is 1780 g/mol. The summed E-state index contributed by atoms with van der Waals surface area (Å²) >= 11 is 0. The van der Waals surface area contributed by atoms with Crippen LogP contribution >= 0.6 is 15.2 Å². The van der Waals surface area contributed by atoms with Gasteiger partial charge in [-0.3, -0.25) is 28.3 Å². The molecule has 0 spiro atoms. The second kappa shape index (κ2) is 46.0. The molecule has 0 aromatic rings. The molecule has 0 saturated carbocycles. The molecule has 710 valence electrons. The van der Waals surface area contributed by atoms with Gasteiger partial charge in [-0.2, -0.15) is 0 Å². The molecule has 36 atom stereocenters. The lowest BCUT2D eigenvalue weighted by atomic mass is 9.73. The number of hydrogen-bond acceptors (Lipinski definition) is 34. The molecular weight excluding hydrogens is 1620 g/mol. The fourth-order valence-electron chi connectivity index (χ4n) is 18.8. The van der Waals surface area contributed by atoms with Crippen molar-refractivity contribution < 1.29 is 153 Å². The number of likely N-dealkylation sites (N-methyl/N-ethyl adjacent to an activating group) is 2. The highest BCUT2D eigenvalue weighted by Gasteiger charge is 2.59. The van der Waals surface area contributed by atoms with E-state index >= 15 is 0 Å². The molecule has 7 N–H and O–H groups in total. The van der Waals surface area contributed by atoms with Crippen molar-refractivity contribution in [1.82, 2.24) is 9.80 Å². The van der Waals surface area contributed by atoms with Crippen LogP contribution in [0.3, 0.4) is 0 Å². The predicted molar refractivity (Wildman–Crippen MR) is 446 cm³/mol. The molecule has 0 unspecified atom stereocenters. The fourth-order valence-corrected chi connectivity index (χ4v) is 21.6. The van der Waals surface area contributed by atoms with Gasteiger partial charge < -0.3 is 135 Å². The Morgan fingerprint density at radius 2 is 0.777 bits per heavy atom. The number of carbonyl (C=O) groups is 4. The summed E-state index contributed by atoms with van der Waals surface area (Å²) in [6.07, 6.45) is -20.5. The van der Waals surface area contributed by atoms with Crippen molar-refractivity contribution >= 4 is 38.7 Å². The van der Waals surface area contributed by atoms with E-state index in [0.29, 0.717) is 12.8 Å². The number of aliphatic hydroxyl groups excluding tert-OH is 5. The third-order valence-electron chi connectivity index (χ3n) is 26.3. The van der Waals surface area contributed by atoms with Crippen LogP contribution in [0, 0.1) is 47.3 Å². The number of ketones is 2. The van der Waals surface area contributed by atoms with Gasteiger partial charge in [0, 0.05) is 81.8 Å². The summed E-state index contributed by atoms with van der Waals surface area (Å²) < 4.78 is 145. The van der Waals surface area contributed by atoms with Crippen LogP contribution in [0.4, 0.5) is 0 Å². The molecule has 6 fully saturated rings. The van der Waals surface area contributed by atoms with E-state index in [1.54, 1.807) is 125 Å². The third kappa shape index (κ3) is 26.5. The number of ether oxygens (including phenoxy) is 15. The minimum absolute atomic E-state index is 0.0486. The zero-order chi connectivity index (χ0) is 92.1. The zero-order valence-corrected chi connectivity index (χ0v) is 80.1. The van der Waals surface area contributed by atoms with Crippen molar-refractivity contribution in [1.29, 1.82) is 0 Å². The van der Waals surface area contributed by atoms with E-state index in [-0.39, 0.29) is 95.0 Å². The molecule has 121 heavy (non-hydrogen) atoms. The van der Waals surface area contributed by atoms with E-state index in [9.17, 15) is 64.1 Å². The van der Waals surface area contributed by atoms with Gasteiger partial charge in [0.05, 0.1) is 122 Å². The van der Waals surface area contributed by atoms with E-state index in [0.717, 1.165) is 0 Å². The van der Waals surface area contributed by atoms with Crippen LogP contribution in [0.25, 0.3) is 0 Å². The maximum atomic E-state index is 14.7. The normalized spacial score (nSPS) is 44.1. The lowest BCUT2D eigenvalue weighted by molar-refractivity contribution is -0.320. The second-order valence-electron chi connectivity index (χ2n) is 36.5. The van der Waals surface area contributed by atoms with Gasteiger partial charge in [-0.05, 0) is 177 Å². The minimum Gasteiger partial charge on any atom is -0.459 e. The van der Waals surface area contributed by atoms with Crippen molar-refractivity contribution in [3.8, 4) is 0 Å². The Balaban J connectivity index is 0.000000430. The van der Waals surface area contributed by atoms with Crippen LogP contribution in [-0.4, -0.2) is 326 Å². The summed E-state index contributed by atoms with van der Waals surface area (Å²) in [6.45, 7) is 40.6. The average molecular weight is 1780 g/mol. The molecule has 0 aromatic heterocycles. The fraction of sp³-hybridized carbons (Fsp3) is 0.953. The molecule has 0 radical (unpaired) electrons. The van der Waals surface area contributed by atoms with E-state index < -0.39 is 237 Å². The average Bonchev–Trinajstić information content (AvgIpc) is 0.766. The number of carbonyl (C=O) groups excluding carboxylic acids is 4. The van der Waals surface area contributed by atoms with Crippen molar-refractivity contribution in [2.45, 2.75) is 386 Å². The van der Waals surface area contributed by atoms with E-state index in [2.05, 4.69) is 0 Å². The number of nitrogens with zero attached hydrogens (tertiary/aromatic N) is 2. The largest absolute Gasteiger partial charge is 0.459 e. The molecule has 34 nitrogen and oxygen atoms in total. The lowest BCUT2D eigenvalue weighted by Gasteiger charge is -2.50. The first kappa shape index (κ1) is 109. The summed E-state index contributed by atoms with van der Waals surface area (Å²) in [6, 6.07) is -0.695. The van der Waals surface area contributed by atoms with Gasteiger partial charge in [0.15, 0.2) is 25.2 Å². The number of Topliss-reactive ketones (excluding diaryl/α,β-unsaturated/α-hetero) is 2. The Bertz CT molecular complexity index is 3290. The van der Waals surface area contributed by atoms with Gasteiger partial charge in [-0.1, -0.05) is 55.4 Å². The molecule has 0 bridgehead atoms. The number of rotatable bonds is 29.